The molecule has 0 spiro atoms. The first-order valence-electron chi connectivity index (χ1n) is 10.2. The fourth-order valence-corrected chi connectivity index (χ4v) is 4.30. The van der Waals surface area contributed by atoms with Crippen LogP contribution in [0.15, 0.2) is 48.7 Å². The fraction of sp³-hybridized carbons (Fsp3) is 0.250. The smallest absolute Gasteiger partial charge is 0.229 e. The maximum Gasteiger partial charge on any atom is 0.229 e. The quantitative estimate of drug-likeness (QED) is 0.476. The number of aryl methyl sites for hydroxylation is 4. The van der Waals surface area contributed by atoms with E-state index < -0.39 is 0 Å². The summed E-state index contributed by atoms with van der Waals surface area (Å²) in [6.07, 6.45) is 4.09. The van der Waals surface area contributed by atoms with Crippen LogP contribution in [0.25, 0.3) is 10.9 Å². The largest absolute Gasteiger partial charge is 0.358 e. The Morgan fingerprint density at radius 3 is 2.86 bits per heavy atom. The Morgan fingerprint density at radius 1 is 1.07 bits per heavy atom. The van der Waals surface area contributed by atoms with Gasteiger partial charge in [0.2, 0.25) is 5.95 Å². The molecule has 0 saturated heterocycles. The highest BCUT2D eigenvalue weighted by atomic mass is 15.2. The summed E-state index contributed by atoms with van der Waals surface area (Å²) in [5, 5.41) is 4.61. The van der Waals surface area contributed by atoms with Crippen molar-refractivity contribution >= 4 is 34.0 Å². The fourth-order valence-electron chi connectivity index (χ4n) is 4.30. The van der Waals surface area contributed by atoms with Gasteiger partial charge in [0.25, 0.3) is 0 Å². The molecule has 0 unspecified atom stereocenters. The summed E-state index contributed by atoms with van der Waals surface area (Å²) in [7, 11) is 0. The summed E-state index contributed by atoms with van der Waals surface area (Å²) < 4.78 is 0. The lowest BCUT2D eigenvalue weighted by Gasteiger charge is -2.32. The lowest BCUT2D eigenvalue weighted by molar-refractivity contribution is 0.756. The highest BCUT2D eigenvalue weighted by Crippen LogP contribution is 2.35. The zero-order valence-electron chi connectivity index (χ0n) is 17.1. The topological polar surface area (TPSA) is 56.8 Å². The van der Waals surface area contributed by atoms with E-state index in [-0.39, 0.29) is 0 Å². The van der Waals surface area contributed by atoms with Gasteiger partial charge in [0.1, 0.15) is 5.82 Å². The highest BCUT2D eigenvalue weighted by molar-refractivity contribution is 5.88. The summed E-state index contributed by atoms with van der Waals surface area (Å²) in [6, 6.07) is 14.9. The number of benzene rings is 2. The van der Waals surface area contributed by atoms with Gasteiger partial charge in [-0.15, -0.1) is 0 Å². The number of nitrogens with zero attached hydrogens (tertiary/aromatic N) is 3. The Labute approximate surface area is 170 Å². The maximum atomic E-state index is 4.84. The van der Waals surface area contributed by atoms with Crippen LogP contribution in [0.1, 0.15) is 28.8 Å². The molecule has 2 N–H and O–H groups in total. The molecule has 5 nitrogen and oxygen atoms in total. The van der Waals surface area contributed by atoms with Crippen LogP contribution in [0, 0.1) is 20.8 Å². The van der Waals surface area contributed by atoms with E-state index in [1.54, 1.807) is 0 Å². The van der Waals surface area contributed by atoms with Gasteiger partial charge < -0.3 is 15.2 Å². The number of hydrogen-bond acceptors (Lipinski definition) is 4. The number of H-pyrrole nitrogens is 1. The van der Waals surface area contributed by atoms with E-state index >= 15 is 0 Å². The predicted molar refractivity (Wildman–Crippen MR) is 120 cm³/mol. The van der Waals surface area contributed by atoms with Crippen LogP contribution in [0.2, 0.25) is 0 Å². The van der Waals surface area contributed by atoms with E-state index in [1.807, 2.05) is 12.3 Å². The van der Waals surface area contributed by atoms with Crippen LogP contribution in [0.3, 0.4) is 0 Å². The van der Waals surface area contributed by atoms with Gasteiger partial charge in [-0.1, -0.05) is 18.2 Å². The van der Waals surface area contributed by atoms with Gasteiger partial charge in [-0.05, 0) is 74.6 Å². The number of fused-ring (bicyclic) bond motifs is 2. The van der Waals surface area contributed by atoms with E-state index in [2.05, 4.69) is 77.4 Å². The minimum absolute atomic E-state index is 0.618. The first-order valence-corrected chi connectivity index (χ1v) is 10.2. The van der Waals surface area contributed by atoms with Crippen molar-refractivity contribution in [3.8, 4) is 0 Å². The summed E-state index contributed by atoms with van der Waals surface area (Å²) in [5.74, 6) is 1.56. The second kappa shape index (κ2) is 6.92. The highest BCUT2D eigenvalue weighted by Gasteiger charge is 2.21. The Bertz CT molecular complexity index is 1210. The molecule has 1 aliphatic heterocycles. The number of hydrogen-bond donors (Lipinski definition) is 2. The molecule has 0 fully saturated rings. The van der Waals surface area contributed by atoms with Gasteiger partial charge in [0.15, 0.2) is 0 Å². The molecule has 0 amide bonds. The Balaban J connectivity index is 1.48. The normalized spacial score (nSPS) is 13.6. The van der Waals surface area contributed by atoms with Crippen molar-refractivity contribution in [3.05, 3.63) is 71.0 Å². The Hall–Kier alpha value is -3.34. The SMILES string of the molecule is Cc1cccc2c1N(c1ccnc(Nc3ccc4[nH]c(C)c(C)c4c3)n1)CCC2. The molecule has 3 heterocycles. The first-order chi connectivity index (χ1) is 14.1. The molecule has 146 valence electrons. The molecule has 2 aromatic carbocycles. The van der Waals surface area contributed by atoms with Crippen LogP contribution >= 0.6 is 0 Å². The number of nitrogens with one attached hydrogen (secondary N) is 2. The molecule has 4 aromatic rings. The molecule has 1 aliphatic rings. The van der Waals surface area contributed by atoms with Crippen LogP contribution in [-0.2, 0) is 6.42 Å². The van der Waals surface area contributed by atoms with Crippen molar-refractivity contribution in [2.24, 2.45) is 0 Å². The molecule has 5 rings (SSSR count). The monoisotopic (exact) mass is 383 g/mol. The second-order valence-corrected chi connectivity index (χ2v) is 7.84. The van der Waals surface area contributed by atoms with Crippen molar-refractivity contribution in [1.82, 2.24) is 15.0 Å². The van der Waals surface area contributed by atoms with E-state index in [1.165, 1.54) is 33.5 Å². The second-order valence-electron chi connectivity index (χ2n) is 7.84. The van der Waals surface area contributed by atoms with Crippen molar-refractivity contribution in [3.63, 3.8) is 0 Å². The lowest BCUT2D eigenvalue weighted by Crippen LogP contribution is -2.26. The third-order valence-electron chi connectivity index (χ3n) is 5.90. The third-order valence-corrected chi connectivity index (χ3v) is 5.90. The standard InChI is InChI=1S/C24H25N5/c1-15-6-4-7-18-8-5-13-29(23(15)18)22-11-12-25-24(28-22)27-19-9-10-21-20(14-19)16(2)17(3)26-21/h4,6-7,9-12,14,26H,5,8,13H2,1-3H3,(H,25,27,28). The lowest BCUT2D eigenvalue weighted by atomic mass is 9.98. The van der Waals surface area contributed by atoms with Gasteiger partial charge in [-0.25, -0.2) is 4.98 Å². The molecule has 2 aromatic heterocycles. The van der Waals surface area contributed by atoms with Crippen molar-refractivity contribution in [2.45, 2.75) is 33.6 Å². The van der Waals surface area contributed by atoms with Crippen LogP contribution < -0.4 is 10.2 Å². The number of para-hydroxylation sites is 1. The van der Waals surface area contributed by atoms with Crippen molar-refractivity contribution < 1.29 is 0 Å². The molecule has 29 heavy (non-hydrogen) atoms. The van der Waals surface area contributed by atoms with Crippen LogP contribution in [-0.4, -0.2) is 21.5 Å². The molecular weight excluding hydrogens is 358 g/mol. The van der Waals surface area contributed by atoms with Gasteiger partial charge in [-0.3, -0.25) is 0 Å². The van der Waals surface area contributed by atoms with Crippen LogP contribution in [0.5, 0.6) is 0 Å². The predicted octanol–water partition coefficient (Wildman–Crippen LogP) is 5.71. The molecule has 0 atom stereocenters. The summed E-state index contributed by atoms with van der Waals surface area (Å²) in [6.45, 7) is 7.40. The Kier molecular flexibility index (Phi) is 4.23. The average molecular weight is 383 g/mol. The molecule has 0 radical (unpaired) electrons. The van der Waals surface area contributed by atoms with Gasteiger partial charge >= 0.3 is 0 Å². The van der Waals surface area contributed by atoms with Crippen molar-refractivity contribution in [2.75, 3.05) is 16.8 Å². The number of aromatic amines is 1. The van der Waals surface area contributed by atoms with Gasteiger partial charge in [0.05, 0.1) is 0 Å². The first kappa shape index (κ1) is 17.7. The zero-order chi connectivity index (χ0) is 20.0. The third kappa shape index (κ3) is 3.12. The van der Waals surface area contributed by atoms with Crippen LogP contribution in [0.4, 0.5) is 23.1 Å². The number of anilines is 4. The van der Waals surface area contributed by atoms with E-state index in [0.717, 1.165) is 36.4 Å². The van der Waals surface area contributed by atoms with Crippen molar-refractivity contribution in [1.29, 1.82) is 0 Å². The average Bonchev–Trinajstić information content (AvgIpc) is 3.02. The molecule has 0 aliphatic carbocycles. The van der Waals surface area contributed by atoms with E-state index in [0.29, 0.717) is 5.95 Å². The molecule has 0 bridgehead atoms. The summed E-state index contributed by atoms with van der Waals surface area (Å²) >= 11 is 0. The minimum Gasteiger partial charge on any atom is -0.358 e. The van der Waals surface area contributed by atoms with Gasteiger partial charge in [0, 0.05) is 40.7 Å². The minimum atomic E-state index is 0.618. The zero-order valence-corrected chi connectivity index (χ0v) is 17.1. The molecule has 0 saturated carbocycles. The number of rotatable bonds is 3. The van der Waals surface area contributed by atoms with Gasteiger partial charge in [-0.2, -0.15) is 4.98 Å². The van der Waals surface area contributed by atoms with E-state index in [9.17, 15) is 0 Å². The molecule has 5 heteroatoms. The van der Waals surface area contributed by atoms with E-state index in [4.69, 9.17) is 4.98 Å². The number of aromatic nitrogens is 3. The maximum absolute atomic E-state index is 4.84. The Morgan fingerprint density at radius 2 is 1.97 bits per heavy atom. The summed E-state index contributed by atoms with van der Waals surface area (Å²) in [4.78, 5) is 15.0. The molecular formula is C24H25N5. The summed E-state index contributed by atoms with van der Waals surface area (Å²) in [5.41, 5.74) is 8.61.